The zero-order valence-corrected chi connectivity index (χ0v) is 13.8. The molecule has 0 heteroatoms. The molecule has 0 saturated heterocycles. The van der Waals surface area contributed by atoms with Gasteiger partial charge in [0.2, 0.25) is 0 Å². The van der Waals surface area contributed by atoms with Crippen molar-refractivity contribution in [2.24, 2.45) is 11.8 Å². The average molecular weight is 308 g/mol. The van der Waals surface area contributed by atoms with Crippen molar-refractivity contribution in [2.45, 2.75) is 25.7 Å². The quantitative estimate of drug-likeness (QED) is 0.340. The van der Waals surface area contributed by atoms with Crippen LogP contribution in [-0.4, -0.2) is 0 Å². The highest BCUT2D eigenvalue weighted by Gasteiger charge is 2.35. The van der Waals surface area contributed by atoms with Gasteiger partial charge in [-0.15, -0.1) is 0 Å². The third-order valence-electron chi connectivity index (χ3n) is 6.49. The monoisotopic (exact) mass is 308 g/mol. The van der Waals surface area contributed by atoms with Crippen molar-refractivity contribution in [2.75, 3.05) is 0 Å². The maximum atomic E-state index is 2.52. The van der Waals surface area contributed by atoms with Crippen LogP contribution < -0.4 is 0 Å². The van der Waals surface area contributed by atoms with Gasteiger partial charge in [0, 0.05) is 0 Å². The molecule has 0 amide bonds. The highest BCUT2D eigenvalue weighted by Crippen LogP contribution is 2.49. The second-order valence-electron chi connectivity index (χ2n) is 7.81. The van der Waals surface area contributed by atoms with Crippen LogP contribution in [0.25, 0.3) is 38.4 Å². The van der Waals surface area contributed by atoms with Gasteiger partial charge >= 0.3 is 0 Å². The molecule has 0 nitrogen and oxygen atoms in total. The van der Waals surface area contributed by atoms with Gasteiger partial charge in [0.15, 0.2) is 0 Å². The number of rotatable bonds is 1. The van der Waals surface area contributed by atoms with E-state index in [0.717, 1.165) is 11.8 Å². The zero-order valence-electron chi connectivity index (χ0n) is 13.8. The van der Waals surface area contributed by atoms with Gasteiger partial charge in [-0.25, -0.2) is 0 Å². The van der Waals surface area contributed by atoms with E-state index in [-0.39, 0.29) is 0 Å². The molecule has 24 heavy (non-hydrogen) atoms. The summed E-state index contributed by atoms with van der Waals surface area (Å²) >= 11 is 0. The molecule has 0 aromatic heterocycles. The van der Waals surface area contributed by atoms with Crippen LogP contribution in [0.15, 0.2) is 60.2 Å². The van der Waals surface area contributed by atoms with Crippen LogP contribution in [-0.2, 0) is 0 Å². The third kappa shape index (κ3) is 1.69. The van der Waals surface area contributed by atoms with Crippen molar-refractivity contribution in [3.63, 3.8) is 0 Å². The molecular formula is C24H20. The minimum absolute atomic E-state index is 0.869. The summed E-state index contributed by atoms with van der Waals surface area (Å²) < 4.78 is 0. The first kappa shape index (κ1) is 13.0. The summed E-state index contributed by atoms with van der Waals surface area (Å²) in [5, 5.41) is 8.38. The molecule has 2 saturated carbocycles. The molecule has 0 heterocycles. The fourth-order valence-electron chi connectivity index (χ4n) is 5.36. The minimum Gasteiger partial charge on any atom is -0.0662 e. The number of benzene rings is 4. The summed E-state index contributed by atoms with van der Waals surface area (Å²) in [6.45, 7) is 0. The molecule has 2 aliphatic rings. The van der Waals surface area contributed by atoms with Crippen LogP contribution in [0.1, 0.15) is 31.2 Å². The van der Waals surface area contributed by atoms with Crippen molar-refractivity contribution in [1.82, 2.24) is 0 Å². The second-order valence-corrected chi connectivity index (χ2v) is 7.81. The Morgan fingerprint density at radius 3 is 2.25 bits per heavy atom. The molecule has 0 aliphatic heterocycles. The Labute approximate surface area is 142 Å². The van der Waals surface area contributed by atoms with Crippen LogP contribution in [0.2, 0.25) is 0 Å². The van der Waals surface area contributed by atoms with E-state index in [2.05, 4.69) is 60.7 Å². The summed E-state index contributed by atoms with van der Waals surface area (Å²) in [6.07, 6.45) is 8.18. The largest absolute Gasteiger partial charge is 0.0662 e. The molecule has 2 aliphatic carbocycles. The highest BCUT2D eigenvalue weighted by molar-refractivity contribution is 6.24. The predicted molar refractivity (Wildman–Crippen MR) is 104 cm³/mol. The summed E-state index contributed by atoms with van der Waals surface area (Å²) in [7, 11) is 0. The topological polar surface area (TPSA) is 0 Å². The first-order valence-corrected chi connectivity index (χ1v) is 9.24. The number of hydrogen-bond donors (Lipinski definition) is 0. The minimum atomic E-state index is 0.869. The Balaban J connectivity index is 1.66. The summed E-state index contributed by atoms with van der Waals surface area (Å²) in [5.74, 6) is 1.84. The molecule has 0 N–H and O–H groups in total. The van der Waals surface area contributed by atoms with E-state index in [1.165, 1.54) is 63.6 Å². The lowest BCUT2D eigenvalue weighted by atomic mass is 9.89. The average Bonchev–Trinajstić information content (AvgIpc) is 3.24. The van der Waals surface area contributed by atoms with E-state index in [1.807, 2.05) is 0 Å². The molecule has 0 unspecified atom stereocenters. The Morgan fingerprint density at radius 2 is 1.50 bits per heavy atom. The highest BCUT2D eigenvalue weighted by atomic mass is 14.4. The van der Waals surface area contributed by atoms with Gasteiger partial charge in [-0.1, -0.05) is 66.2 Å². The molecule has 4 aromatic carbocycles. The van der Waals surface area contributed by atoms with Crippen LogP contribution in [0.4, 0.5) is 0 Å². The summed E-state index contributed by atoms with van der Waals surface area (Å²) in [5.41, 5.74) is 3.13. The fraction of sp³-hybridized carbons (Fsp3) is 0.250. The number of allylic oxidation sites excluding steroid dienone is 1. The predicted octanol–water partition coefficient (Wildman–Crippen LogP) is 6.79. The van der Waals surface area contributed by atoms with Gasteiger partial charge in [-0.3, -0.25) is 0 Å². The van der Waals surface area contributed by atoms with Crippen molar-refractivity contribution >= 4 is 38.4 Å². The lowest BCUT2D eigenvalue weighted by Crippen LogP contribution is -1.97. The molecule has 2 atom stereocenters. The Hall–Kier alpha value is -2.34. The van der Waals surface area contributed by atoms with E-state index in [1.54, 1.807) is 5.57 Å². The number of fused-ring (bicyclic) bond motifs is 2. The normalized spacial score (nSPS) is 24.9. The fourth-order valence-corrected chi connectivity index (χ4v) is 5.36. The van der Waals surface area contributed by atoms with E-state index in [9.17, 15) is 0 Å². The third-order valence-corrected chi connectivity index (χ3v) is 6.49. The van der Waals surface area contributed by atoms with Gasteiger partial charge in [0.1, 0.15) is 0 Å². The number of hydrogen-bond acceptors (Lipinski definition) is 0. The Morgan fingerprint density at radius 1 is 0.750 bits per heavy atom. The molecular weight excluding hydrogens is 288 g/mol. The van der Waals surface area contributed by atoms with Crippen LogP contribution in [0, 0.1) is 11.8 Å². The van der Waals surface area contributed by atoms with E-state index in [0.29, 0.717) is 0 Å². The van der Waals surface area contributed by atoms with Crippen LogP contribution in [0.5, 0.6) is 0 Å². The van der Waals surface area contributed by atoms with Crippen LogP contribution >= 0.6 is 0 Å². The second kappa shape index (κ2) is 4.60. The maximum Gasteiger partial charge on any atom is -0.00208 e. The van der Waals surface area contributed by atoms with Gasteiger partial charge in [0.25, 0.3) is 0 Å². The SMILES string of the molecule is C(=C1/C[C@@H]2CC[C@H]1C2)/c1ccc2ccc3cccc4ccc1c2c34. The van der Waals surface area contributed by atoms with Crippen LogP contribution in [0.3, 0.4) is 0 Å². The first-order chi connectivity index (χ1) is 11.9. The summed E-state index contributed by atoms with van der Waals surface area (Å²) in [4.78, 5) is 0. The van der Waals surface area contributed by atoms with Crippen molar-refractivity contribution in [3.05, 3.63) is 65.7 Å². The van der Waals surface area contributed by atoms with Gasteiger partial charge in [-0.2, -0.15) is 0 Å². The lowest BCUT2D eigenvalue weighted by molar-refractivity contribution is 0.563. The standard InChI is InChI=1S/C24H20/c1-2-16-6-7-18-8-9-20(14-21-13-15-4-5-19(21)12-15)22-11-10-17(3-1)23(16)24(18)22/h1-3,6-11,14-15,19H,4-5,12-13H2/b21-14+/t15-,19+/m1/s1. The maximum absolute atomic E-state index is 2.52. The van der Waals surface area contributed by atoms with Crippen molar-refractivity contribution < 1.29 is 0 Å². The smallest absolute Gasteiger partial charge is 0.00208 e. The van der Waals surface area contributed by atoms with Crippen molar-refractivity contribution in [3.8, 4) is 0 Å². The molecule has 6 rings (SSSR count). The molecule has 2 bridgehead atoms. The molecule has 2 fully saturated rings. The molecule has 0 spiro atoms. The van der Waals surface area contributed by atoms with E-state index < -0.39 is 0 Å². The molecule has 116 valence electrons. The Kier molecular flexibility index (Phi) is 2.49. The molecule has 0 radical (unpaired) electrons. The summed E-state index contributed by atoms with van der Waals surface area (Å²) in [6, 6.07) is 20.5. The van der Waals surface area contributed by atoms with Gasteiger partial charge < -0.3 is 0 Å². The van der Waals surface area contributed by atoms with Gasteiger partial charge in [-0.05, 0) is 75.4 Å². The zero-order chi connectivity index (χ0) is 15.7. The van der Waals surface area contributed by atoms with Crippen molar-refractivity contribution in [1.29, 1.82) is 0 Å². The lowest BCUT2D eigenvalue weighted by Gasteiger charge is -2.15. The molecule has 4 aromatic rings. The first-order valence-electron chi connectivity index (χ1n) is 9.24. The van der Waals surface area contributed by atoms with Gasteiger partial charge in [0.05, 0.1) is 0 Å². The van der Waals surface area contributed by atoms with E-state index >= 15 is 0 Å². The Bertz CT molecular complexity index is 1100. The van der Waals surface area contributed by atoms with E-state index in [4.69, 9.17) is 0 Å².